The van der Waals surface area contributed by atoms with E-state index in [-0.39, 0.29) is 12.6 Å². The summed E-state index contributed by atoms with van der Waals surface area (Å²) in [5, 5.41) is 1.88. The van der Waals surface area contributed by atoms with Crippen LogP contribution in [0, 0.1) is 0 Å². The van der Waals surface area contributed by atoms with Gasteiger partial charge in [0.15, 0.2) is 0 Å². The van der Waals surface area contributed by atoms with Crippen LogP contribution in [0.25, 0.3) is 5.69 Å². The molecule has 4 nitrogen and oxygen atoms in total. The van der Waals surface area contributed by atoms with Crippen molar-refractivity contribution < 1.29 is 9.53 Å². The highest BCUT2D eigenvalue weighted by molar-refractivity contribution is 7.12. The topological polar surface area (TPSA) is 44.1 Å². The molecule has 0 aliphatic heterocycles. The number of aromatic nitrogens is 2. The minimum atomic E-state index is -0.325. The van der Waals surface area contributed by atoms with E-state index in [2.05, 4.69) is 4.98 Å². The Morgan fingerprint density at radius 1 is 1.20 bits per heavy atom. The van der Waals surface area contributed by atoms with Gasteiger partial charge in [0.2, 0.25) is 0 Å². The van der Waals surface area contributed by atoms with Crippen molar-refractivity contribution in [3.05, 3.63) is 70.9 Å². The van der Waals surface area contributed by atoms with Gasteiger partial charge in [-0.1, -0.05) is 6.07 Å². The second kappa shape index (κ2) is 5.71. The second-order valence-corrected chi connectivity index (χ2v) is 5.04. The quantitative estimate of drug-likeness (QED) is 0.690. The summed E-state index contributed by atoms with van der Waals surface area (Å²) in [6.45, 7) is 0.183. The third-order valence-electron chi connectivity index (χ3n) is 2.79. The molecule has 0 saturated carbocycles. The lowest BCUT2D eigenvalue weighted by Crippen LogP contribution is -2.07. The minimum Gasteiger partial charge on any atom is -0.455 e. The minimum absolute atomic E-state index is 0.183. The monoisotopic (exact) mass is 284 g/mol. The smallest absolute Gasteiger partial charge is 0.350 e. The fourth-order valence-corrected chi connectivity index (χ4v) is 2.62. The van der Waals surface area contributed by atoms with E-state index in [1.54, 1.807) is 6.20 Å². The summed E-state index contributed by atoms with van der Waals surface area (Å²) in [6.07, 6.45) is 5.48. The van der Waals surface area contributed by atoms with Crippen molar-refractivity contribution >= 4 is 17.3 Å². The summed E-state index contributed by atoms with van der Waals surface area (Å²) >= 11 is 1.38. The van der Waals surface area contributed by atoms with Gasteiger partial charge in [0.1, 0.15) is 11.5 Å². The molecule has 0 atom stereocenters. The first-order valence-corrected chi connectivity index (χ1v) is 7.00. The van der Waals surface area contributed by atoms with Crippen LogP contribution in [0.1, 0.15) is 15.4 Å². The summed E-state index contributed by atoms with van der Waals surface area (Å²) in [6, 6.07) is 11.3. The Bertz CT molecular complexity index is 690. The van der Waals surface area contributed by atoms with E-state index < -0.39 is 0 Å². The zero-order valence-electron chi connectivity index (χ0n) is 10.6. The molecule has 0 N–H and O–H groups in total. The number of carbonyl (C=O) groups is 1. The van der Waals surface area contributed by atoms with Crippen molar-refractivity contribution in [1.29, 1.82) is 0 Å². The molecule has 0 aliphatic rings. The summed E-state index contributed by atoms with van der Waals surface area (Å²) in [5.74, 6) is -0.325. The van der Waals surface area contributed by atoms with Gasteiger partial charge in [0.25, 0.3) is 0 Å². The molecule has 0 unspecified atom stereocenters. The maximum Gasteiger partial charge on any atom is 0.350 e. The Hall–Kier alpha value is -2.40. The molecule has 3 aromatic rings. The molecular formula is C15H12N2O2S. The van der Waals surface area contributed by atoms with Gasteiger partial charge in [0.05, 0.1) is 11.4 Å². The first-order chi connectivity index (χ1) is 9.84. The molecule has 3 aromatic heterocycles. The van der Waals surface area contributed by atoms with Gasteiger partial charge in [-0.05, 0) is 35.7 Å². The van der Waals surface area contributed by atoms with E-state index >= 15 is 0 Å². The third kappa shape index (κ3) is 2.62. The van der Waals surface area contributed by atoms with Crippen molar-refractivity contribution in [2.75, 3.05) is 0 Å². The molecule has 3 rings (SSSR count). The summed E-state index contributed by atoms with van der Waals surface area (Å²) in [4.78, 5) is 16.9. The average molecular weight is 284 g/mol. The van der Waals surface area contributed by atoms with Gasteiger partial charge < -0.3 is 9.30 Å². The number of rotatable bonds is 4. The lowest BCUT2D eigenvalue weighted by atomic mass is 10.3. The second-order valence-electron chi connectivity index (χ2n) is 4.12. The molecule has 0 saturated heterocycles. The fourth-order valence-electron chi connectivity index (χ4n) is 1.84. The first kappa shape index (κ1) is 12.6. The van der Waals surface area contributed by atoms with Crippen molar-refractivity contribution in [1.82, 2.24) is 9.55 Å². The largest absolute Gasteiger partial charge is 0.455 e. The SMILES string of the molecule is O=C(OCc1ccccn1)c1sccc1-n1cccc1. The van der Waals surface area contributed by atoms with E-state index in [0.717, 1.165) is 11.4 Å². The lowest BCUT2D eigenvalue weighted by molar-refractivity contribution is 0.0473. The molecule has 0 amide bonds. The van der Waals surface area contributed by atoms with Gasteiger partial charge in [-0.25, -0.2) is 4.79 Å². The number of ether oxygens (including phenoxy) is 1. The van der Waals surface area contributed by atoms with Gasteiger partial charge in [-0.2, -0.15) is 0 Å². The molecule has 0 bridgehead atoms. The average Bonchev–Trinajstić information content (AvgIpc) is 3.15. The maximum atomic E-state index is 12.1. The van der Waals surface area contributed by atoms with Crippen LogP contribution >= 0.6 is 11.3 Å². The molecule has 0 radical (unpaired) electrons. The van der Waals surface area contributed by atoms with Crippen LogP contribution in [0.4, 0.5) is 0 Å². The van der Waals surface area contributed by atoms with Crippen LogP contribution in [0.3, 0.4) is 0 Å². The molecule has 0 fully saturated rings. The predicted molar refractivity (Wildman–Crippen MR) is 77.0 cm³/mol. The van der Waals surface area contributed by atoms with Crippen molar-refractivity contribution in [3.8, 4) is 5.69 Å². The normalized spacial score (nSPS) is 10.4. The summed E-state index contributed by atoms with van der Waals surface area (Å²) in [5.41, 5.74) is 1.57. The third-order valence-corrected chi connectivity index (χ3v) is 3.67. The Balaban J connectivity index is 1.74. The van der Waals surface area contributed by atoms with Gasteiger partial charge in [-0.15, -0.1) is 11.3 Å². The number of carbonyl (C=O) groups excluding carboxylic acids is 1. The molecule has 100 valence electrons. The Labute approximate surface area is 120 Å². The zero-order chi connectivity index (χ0) is 13.8. The van der Waals surface area contributed by atoms with Crippen molar-refractivity contribution in [3.63, 3.8) is 0 Å². The number of nitrogens with zero attached hydrogens (tertiary/aromatic N) is 2. The van der Waals surface area contributed by atoms with Crippen LogP contribution in [-0.4, -0.2) is 15.5 Å². The maximum absolute atomic E-state index is 12.1. The number of thiophene rings is 1. The first-order valence-electron chi connectivity index (χ1n) is 6.12. The van der Waals surface area contributed by atoms with E-state index in [1.807, 2.05) is 58.7 Å². The van der Waals surface area contributed by atoms with Crippen molar-refractivity contribution in [2.24, 2.45) is 0 Å². The predicted octanol–water partition coefficient (Wildman–Crippen LogP) is 3.29. The number of pyridine rings is 1. The molecule has 5 heteroatoms. The highest BCUT2D eigenvalue weighted by Crippen LogP contribution is 2.22. The molecular weight excluding hydrogens is 272 g/mol. The van der Waals surface area contributed by atoms with Gasteiger partial charge in [0, 0.05) is 18.6 Å². The molecule has 20 heavy (non-hydrogen) atoms. The van der Waals surface area contributed by atoms with Crippen molar-refractivity contribution in [2.45, 2.75) is 6.61 Å². The highest BCUT2D eigenvalue weighted by atomic mass is 32.1. The van der Waals surface area contributed by atoms with Gasteiger partial charge in [-0.3, -0.25) is 4.98 Å². The zero-order valence-corrected chi connectivity index (χ0v) is 11.4. The van der Waals surface area contributed by atoms with E-state index in [1.165, 1.54) is 11.3 Å². The molecule has 0 spiro atoms. The fraction of sp³-hybridized carbons (Fsp3) is 0.0667. The standard InChI is InChI=1S/C15H12N2O2S/c18-15(19-11-12-5-1-2-7-16-12)14-13(6-10-20-14)17-8-3-4-9-17/h1-10H,11H2. The molecule has 0 aliphatic carbocycles. The van der Waals surface area contributed by atoms with E-state index in [4.69, 9.17) is 4.74 Å². The Morgan fingerprint density at radius 3 is 2.80 bits per heavy atom. The Kier molecular flexibility index (Phi) is 3.60. The number of hydrogen-bond donors (Lipinski definition) is 0. The van der Waals surface area contributed by atoms with Crippen LogP contribution in [0.15, 0.2) is 60.4 Å². The van der Waals surface area contributed by atoms with Crippen LogP contribution < -0.4 is 0 Å². The highest BCUT2D eigenvalue weighted by Gasteiger charge is 2.15. The summed E-state index contributed by atoms with van der Waals surface area (Å²) in [7, 11) is 0. The molecule has 3 heterocycles. The lowest BCUT2D eigenvalue weighted by Gasteiger charge is -2.06. The van der Waals surface area contributed by atoms with Crippen LogP contribution in [-0.2, 0) is 11.3 Å². The van der Waals surface area contributed by atoms with Crippen LogP contribution in [0.2, 0.25) is 0 Å². The summed E-state index contributed by atoms with van der Waals surface area (Å²) < 4.78 is 7.20. The Morgan fingerprint density at radius 2 is 2.05 bits per heavy atom. The molecule has 0 aromatic carbocycles. The van der Waals surface area contributed by atoms with E-state index in [9.17, 15) is 4.79 Å². The van der Waals surface area contributed by atoms with Crippen LogP contribution in [0.5, 0.6) is 0 Å². The van der Waals surface area contributed by atoms with E-state index in [0.29, 0.717) is 4.88 Å². The van der Waals surface area contributed by atoms with Gasteiger partial charge >= 0.3 is 5.97 Å². The number of hydrogen-bond acceptors (Lipinski definition) is 4. The number of esters is 1.